The third kappa shape index (κ3) is 6.41. The number of amides is 1. The minimum atomic E-state index is -0.306. The van der Waals surface area contributed by atoms with Crippen LogP contribution in [0, 0.1) is 0 Å². The van der Waals surface area contributed by atoms with Gasteiger partial charge in [0.2, 0.25) is 0 Å². The summed E-state index contributed by atoms with van der Waals surface area (Å²) >= 11 is 7.33. The van der Waals surface area contributed by atoms with Gasteiger partial charge >= 0.3 is 0 Å². The third-order valence-electron chi connectivity index (χ3n) is 5.23. The number of thioether (sulfide) groups is 1. The fourth-order valence-electron chi connectivity index (χ4n) is 3.39. The molecule has 0 unspecified atom stereocenters. The molecule has 0 atom stereocenters. The number of nitrogens with zero attached hydrogens (tertiary/aromatic N) is 4. The third-order valence-corrected chi connectivity index (χ3v) is 6.41. The Labute approximate surface area is 223 Å². The summed E-state index contributed by atoms with van der Waals surface area (Å²) in [5, 5.41) is 13.9. The number of halogens is 1. The molecule has 4 rings (SSSR count). The highest BCUT2D eigenvalue weighted by molar-refractivity contribution is 7.99. The van der Waals surface area contributed by atoms with E-state index in [0.29, 0.717) is 33.1 Å². The Morgan fingerprint density at radius 3 is 2.35 bits per heavy atom. The molecule has 11 heteroatoms. The van der Waals surface area contributed by atoms with Crippen LogP contribution in [0.2, 0.25) is 5.02 Å². The molecule has 0 spiro atoms. The van der Waals surface area contributed by atoms with Gasteiger partial charge in [0.15, 0.2) is 11.0 Å². The zero-order valence-corrected chi connectivity index (χ0v) is 21.9. The second-order valence-corrected chi connectivity index (χ2v) is 8.92. The second-order valence-electron chi connectivity index (χ2n) is 7.54. The monoisotopic (exact) mass is 537 g/mol. The summed E-state index contributed by atoms with van der Waals surface area (Å²) in [5.74, 6) is 2.38. The van der Waals surface area contributed by atoms with E-state index in [4.69, 9.17) is 25.8 Å². The van der Waals surface area contributed by atoms with E-state index in [9.17, 15) is 4.79 Å². The van der Waals surface area contributed by atoms with Crippen molar-refractivity contribution < 1.29 is 19.0 Å². The molecule has 190 valence electrons. The molecule has 0 bridgehead atoms. The summed E-state index contributed by atoms with van der Waals surface area (Å²) in [7, 11) is 4.75. The van der Waals surface area contributed by atoms with Crippen molar-refractivity contribution in [2.45, 2.75) is 5.16 Å². The average Bonchev–Trinajstić information content (AvgIpc) is 3.36. The molecule has 0 radical (unpaired) electrons. The maximum atomic E-state index is 12.5. The quantitative estimate of drug-likeness (QED) is 0.175. The van der Waals surface area contributed by atoms with Crippen LogP contribution >= 0.6 is 23.4 Å². The highest BCUT2D eigenvalue weighted by Crippen LogP contribution is 2.29. The van der Waals surface area contributed by atoms with Crippen molar-refractivity contribution in [2.75, 3.05) is 27.1 Å². The van der Waals surface area contributed by atoms with E-state index in [1.54, 1.807) is 51.7 Å². The van der Waals surface area contributed by atoms with Crippen molar-refractivity contribution >= 4 is 35.5 Å². The smallest absolute Gasteiger partial charge is 0.250 e. The maximum absolute atomic E-state index is 12.5. The van der Waals surface area contributed by atoms with Crippen molar-refractivity contribution in [1.82, 2.24) is 20.2 Å². The Morgan fingerprint density at radius 2 is 1.68 bits per heavy atom. The Kier molecular flexibility index (Phi) is 8.65. The van der Waals surface area contributed by atoms with Crippen LogP contribution in [0.3, 0.4) is 0 Å². The molecule has 1 heterocycles. The predicted octanol–water partition coefficient (Wildman–Crippen LogP) is 4.86. The Bertz CT molecular complexity index is 1390. The van der Waals surface area contributed by atoms with Crippen LogP contribution < -0.4 is 19.6 Å². The van der Waals surface area contributed by atoms with Crippen LogP contribution in [0.15, 0.2) is 77.0 Å². The van der Waals surface area contributed by atoms with Gasteiger partial charge in [-0.05, 0) is 66.7 Å². The Morgan fingerprint density at radius 1 is 0.973 bits per heavy atom. The lowest BCUT2D eigenvalue weighted by Gasteiger charge is -2.11. The summed E-state index contributed by atoms with van der Waals surface area (Å²) in [5.41, 5.74) is 4.86. The molecule has 1 aromatic heterocycles. The lowest BCUT2D eigenvalue weighted by molar-refractivity contribution is -0.118. The molecule has 0 saturated carbocycles. The van der Waals surface area contributed by atoms with Gasteiger partial charge in [-0.15, -0.1) is 10.2 Å². The number of benzene rings is 3. The standard InChI is InChI=1S/C26H24ClN5O4S/c1-34-21-10-4-17(5-11-21)25-30-31-26(32(25)20-8-6-19(27)7-9-20)37-16-24(33)29-28-15-18-14-22(35-2)12-13-23(18)36-3/h4-15H,16H2,1-3H3,(H,29,33). The largest absolute Gasteiger partial charge is 0.497 e. The summed E-state index contributed by atoms with van der Waals surface area (Å²) in [6.07, 6.45) is 1.50. The van der Waals surface area contributed by atoms with Gasteiger partial charge in [0.25, 0.3) is 5.91 Å². The van der Waals surface area contributed by atoms with Crippen LogP contribution in [0.5, 0.6) is 17.2 Å². The van der Waals surface area contributed by atoms with Gasteiger partial charge in [0.1, 0.15) is 17.2 Å². The number of hydrogen-bond acceptors (Lipinski definition) is 8. The van der Waals surface area contributed by atoms with Gasteiger partial charge in [-0.3, -0.25) is 9.36 Å². The number of nitrogens with one attached hydrogen (secondary N) is 1. The first-order chi connectivity index (χ1) is 18.0. The van der Waals surface area contributed by atoms with Crippen LogP contribution in [0.1, 0.15) is 5.56 Å². The molecule has 1 amide bonds. The van der Waals surface area contributed by atoms with Gasteiger partial charge in [-0.1, -0.05) is 23.4 Å². The predicted molar refractivity (Wildman–Crippen MR) is 144 cm³/mol. The van der Waals surface area contributed by atoms with Crippen molar-refractivity contribution in [3.05, 3.63) is 77.3 Å². The summed E-state index contributed by atoms with van der Waals surface area (Å²) in [6.45, 7) is 0. The molecule has 3 aromatic carbocycles. The Hall–Kier alpha value is -4.02. The van der Waals surface area contributed by atoms with E-state index in [0.717, 1.165) is 17.0 Å². The summed E-state index contributed by atoms with van der Waals surface area (Å²) in [6, 6.07) is 20.1. The Balaban J connectivity index is 1.51. The van der Waals surface area contributed by atoms with E-state index >= 15 is 0 Å². The fraction of sp³-hybridized carbons (Fsp3) is 0.154. The molecule has 1 N–H and O–H groups in total. The molecule has 0 fully saturated rings. The van der Waals surface area contributed by atoms with Gasteiger partial charge < -0.3 is 14.2 Å². The van der Waals surface area contributed by atoms with Crippen molar-refractivity contribution in [2.24, 2.45) is 5.10 Å². The zero-order chi connectivity index (χ0) is 26.2. The highest BCUT2D eigenvalue weighted by atomic mass is 35.5. The second kappa shape index (κ2) is 12.3. The van der Waals surface area contributed by atoms with E-state index in [1.807, 2.05) is 41.0 Å². The molecular weight excluding hydrogens is 514 g/mol. The fourth-order valence-corrected chi connectivity index (χ4v) is 4.26. The number of hydrazone groups is 1. The first-order valence-corrected chi connectivity index (χ1v) is 12.4. The SMILES string of the molecule is COc1ccc(-c2nnc(SCC(=O)NN=Cc3cc(OC)ccc3OC)n2-c2ccc(Cl)cc2)cc1. The lowest BCUT2D eigenvalue weighted by Crippen LogP contribution is -2.20. The molecule has 0 aliphatic rings. The van der Waals surface area contributed by atoms with Crippen LogP contribution in [0.25, 0.3) is 17.1 Å². The topological polar surface area (TPSA) is 99.9 Å². The van der Waals surface area contributed by atoms with Crippen molar-refractivity contribution in [3.8, 4) is 34.3 Å². The minimum Gasteiger partial charge on any atom is -0.497 e. The van der Waals surface area contributed by atoms with E-state index in [-0.39, 0.29) is 11.7 Å². The lowest BCUT2D eigenvalue weighted by atomic mass is 10.2. The van der Waals surface area contributed by atoms with E-state index in [1.165, 1.54) is 18.0 Å². The maximum Gasteiger partial charge on any atom is 0.250 e. The number of ether oxygens (including phenoxy) is 3. The number of carbonyl (C=O) groups is 1. The zero-order valence-electron chi connectivity index (χ0n) is 20.3. The molecule has 9 nitrogen and oxygen atoms in total. The van der Waals surface area contributed by atoms with Gasteiger partial charge in [0, 0.05) is 21.8 Å². The normalized spacial score (nSPS) is 10.9. The van der Waals surface area contributed by atoms with E-state index < -0.39 is 0 Å². The molecule has 0 aliphatic heterocycles. The minimum absolute atomic E-state index is 0.0704. The molecule has 0 aliphatic carbocycles. The number of hydrogen-bond donors (Lipinski definition) is 1. The highest BCUT2D eigenvalue weighted by Gasteiger charge is 2.17. The molecule has 37 heavy (non-hydrogen) atoms. The molecule has 4 aromatic rings. The van der Waals surface area contributed by atoms with Gasteiger partial charge in [-0.2, -0.15) is 5.10 Å². The summed E-state index contributed by atoms with van der Waals surface area (Å²) in [4.78, 5) is 12.5. The summed E-state index contributed by atoms with van der Waals surface area (Å²) < 4.78 is 17.7. The average molecular weight is 538 g/mol. The van der Waals surface area contributed by atoms with E-state index in [2.05, 4.69) is 20.7 Å². The van der Waals surface area contributed by atoms with Gasteiger partial charge in [-0.25, -0.2) is 5.43 Å². The number of methoxy groups -OCH3 is 3. The number of aromatic nitrogens is 3. The molecular formula is C26H24ClN5O4S. The first kappa shape index (κ1) is 26.1. The van der Waals surface area contributed by atoms with Crippen molar-refractivity contribution in [1.29, 1.82) is 0 Å². The van der Waals surface area contributed by atoms with Gasteiger partial charge in [0.05, 0.1) is 33.3 Å². The van der Waals surface area contributed by atoms with Crippen molar-refractivity contribution in [3.63, 3.8) is 0 Å². The number of carbonyl (C=O) groups excluding carboxylic acids is 1. The number of rotatable bonds is 10. The molecule has 0 saturated heterocycles. The first-order valence-electron chi connectivity index (χ1n) is 11.0. The van der Waals surface area contributed by atoms with Crippen LogP contribution in [-0.4, -0.2) is 54.0 Å². The van der Waals surface area contributed by atoms with Crippen LogP contribution in [0.4, 0.5) is 0 Å². The van der Waals surface area contributed by atoms with Crippen LogP contribution in [-0.2, 0) is 4.79 Å².